The number of aliphatic hydroxyl groups excluding tert-OH is 2. The molecule has 6 aromatic rings. The number of aryl methyl sites for hydroxylation is 2. The topological polar surface area (TPSA) is 308 Å². The quantitative estimate of drug-likeness (QED) is 0.0567. The zero-order chi connectivity index (χ0) is 47.7. The fourth-order valence-electron chi connectivity index (χ4n) is 6.17. The van der Waals surface area contributed by atoms with Gasteiger partial charge in [0, 0.05) is 89.8 Å². The van der Waals surface area contributed by atoms with E-state index in [0.29, 0.717) is 56.7 Å². The summed E-state index contributed by atoms with van der Waals surface area (Å²) in [4.78, 5) is 57.0. The molecule has 4 aromatic heterocycles. The summed E-state index contributed by atoms with van der Waals surface area (Å²) < 4.78 is 21.3. The van der Waals surface area contributed by atoms with Crippen molar-refractivity contribution in [2.45, 2.75) is 45.8 Å². The average molecular weight is 1030 g/mol. The highest BCUT2D eigenvalue weighted by Gasteiger charge is 2.31. The van der Waals surface area contributed by atoms with Gasteiger partial charge in [-0.3, -0.25) is 28.5 Å². The van der Waals surface area contributed by atoms with Gasteiger partial charge in [0.05, 0.1) is 24.6 Å². The van der Waals surface area contributed by atoms with E-state index in [1.54, 1.807) is 78.6 Å². The van der Waals surface area contributed by atoms with Crippen LogP contribution in [0.25, 0.3) is 22.8 Å². The molecule has 344 valence electrons. The summed E-state index contributed by atoms with van der Waals surface area (Å²) >= 11 is 0. The van der Waals surface area contributed by atoms with Gasteiger partial charge in [-0.25, -0.2) is 9.97 Å². The maximum absolute atomic E-state index is 12.3. The Morgan fingerprint density at radius 3 is 1.49 bits per heavy atom. The van der Waals surface area contributed by atoms with Gasteiger partial charge in [-0.2, -0.15) is 10.2 Å². The summed E-state index contributed by atoms with van der Waals surface area (Å²) in [5, 5.41) is 58.8. The first-order valence-corrected chi connectivity index (χ1v) is 19.6. The largest absolute Gasteiger partial charge is 0.392 e. The third kappa shape index (κ3) is 12.8. The third-order valence-electron chi connectivity index (χ3n) is 9.65. The van der Waals surface area contributed by atoms with E-state index in [-0.39, 0.29) is 102 Å². The number of nitrogens with zero attached hydrogens (tertiary/aromatic N) is 10. The SMILES string of the molecule is CC(=O)c1nnc(NC(=O)C2CC2)cc1Nc1cccc(-c2ncn(C)n2)c1CO.CNC(=O)c1nnc(NC(=O)C2CC2)cc1Nc1cccc(-c2ncn(C)n2)c1CO.Cl.I.[2H]C([2H])([2H])N. The molecule has 24 heteroatoms. The molecular formula is C41H50ClIN16O6. The summed E-state index contributed by atoms with van der Waals surface area (Å²) in [6, 6.07) is 13.8. The van der Waals surface area contributed by atoms with Crippen LogP contribution in [0.4, 0.5) is 34.4 Å². The summed E-state index contributed by atoms with van der Waals surface area (Å²) in [5.41, 5.74) is 8.80. The van der Waals surface area contributed by atoms with Crippen molar-refractivity contribution in [2.75, 3.05) is 35.3 Å². The Morgan fingerprint density at radius 1 is 0.723 bits per heavy atom. The van der Waals surface area contributed by atoms with Crippen LogP contribution in [0.1, 0.15) is 68.8 Å². The number of amides is 3. The van der Waals surface area contributed by atoms with Crippen LogP contribution < -0.4 is 32.3 Å². The van der Waals surface area contributed by atoms with Crippen molar-refractivity contribution in [1.82, 2.24) is 55.2 Å². The molecule has 2 aliphatic rings. The number of benzene rings is 2. The van der Waals surface area contributed by atoms with Gasteiger partial charge in [0.2, 0.25) is 11.8 Å². The number of nitrogens with one attached hydrogen (secondary N) is 5. The molecule has 0 unspecified atom stereocenters. The Bertz CT molecular complexity index is 2740. The normalized spacial score (nSPS) is 13.2. The van der Waals surface area contributed by atoms with E-state index in [1.807, 2.05) is 6.07 Å². The van der Waals surface area contributed by atoms with Crippen LogP contribution in [0.15, 0.2) is 61.2 Å². The highest BCUT2D eigenvalue weighted by molar-refractivity contribution is 14.0. The minimum atomic E-state index is -2.25. The van der Waals surface area contributed by atoms with Crippen LogP contribution in [-0.4, -0.2) is 97.7 Å². The number of nitrogens with two attached hydrogens (primary N) is 1. The minimum Gasteiger partial charge on any atom is -0.392 e. The highest BCUT2D eigenvalue weighted by Crippen LogP contribution is 2.34. The number of aliphatic hydroxyl groups is 2. The van der Waals surface area contributed by atoms with Gasteiger partial charge in [-0.15, -0.1) is 56.8 Å². The van der Waals surface area contributed by atoms with Crippen molar-refractivity contribution in [3.8, 4) is 22.8 Å². The molecule has 0 atom stereocenters. The number of hydrogen-bond donors (Lipinski definition) is 8. The van der Waals surface area contributed by atoms with E-state index in [2.05, 4.69) is 72.9 Å². The van der Waals surface area contributed by atoms with Crippen molar-refractivity contribution >= 4 is 94.3 Å². The van der Waals surface area contributed by atoms with Crippen molar-refractivity contribution in [3.63, 3.8) is 0 Å². The van der Waals surface area contributed by atoms with Gasteiger partial charge in [-0.05, 0) is 44.8 Å². The average Bonchev–Trinajstić information content (AvgIpc) is 4.22. The van der Waals surface area contributed by atoms with E-state index >= 15 is 0 Å². The van der Waals surface area contributed by atoms with Gasteiger partial charge in [-0.1, -0.05) is 24.3 Å². The molecule has 22 nitrogen and oxygen atoms in total. The first kappa shape index (κ1) is 46.5. The van der Waals surface area contributed by atoms with Crippen LogP contribution >= 0.6 is 36.4 Å². The lowest BCUT2D eigenvalue weighted by Crippen LogP contribution is -2.22. The number of halogens is 2. The first-order valence-electron chi connectivity index (χ1n) is 21.1. The second-order valence-corrected chi connectivity index (χ2v) is 14.4. The van der Waals surface area contributed by atoms with Crippen LogP contribution in [-0.2, 0) is 36.9 Å². The molecule has 2 saturated carbocycles. The van der Waals surface area contributed by atoms with Gasteiger partial charge >= 0.3 is 0 Å². The Morgan fingerprint density at radius 2 is 1.14 bits per heavy atom. The van der Waals surface area contributed by atoms with E-state index in [1.165, 1.54) is 14.0 Å². The molecule has 2 aromatic carbocycles. The number of anilines is 6. The van der Waals surface area contributed by atoms with Gasteiger partial charge in [0.25, 0.3) is 5.91 Å². The summed E-state index contributed by atoms with van der Waals surface area (Å²) in [6.45, 7) is -1.41. The van der Waals surface area contributed by atoms with Crippen molar-refractivity contribution in [2.24, 2.45) is 31.7 Å². The van der Waals surface area contributed by atoms with Crippen molar-refractivity contribution in [3.05, 3.63) is 83.7 Å². The summed E-state index contributed by atoms with van der Waals surface area (Å²) in [5.74, 6) is 0.500. The Labute approximate surface area is 400 Å². The lowest BCUT2D eigenvalue weighted by molar-refractivity contribution is -0.118. The highest BCUT2D eigenvalue weighted by atomic mass is 127. The van der Waals surface area contributed by atoms with E-state index in [4.69, 9.17) is 4.11 Å². The molecule has 3 amide bonds. The standard InChI is InChI=1S/C20H22N8O3.C20H21N7O3.CH5N.ClH.HI/c1-21-20(31)17-15(8-16(25-26-17)24-19(30)11-6-7-11)23-14-5-3-4-12(13(14)9-29)18-22-10-28(2)27-18;1-11(29)18-16(8-17(24-25-18)23-20(30)12-6-7-12)22-15-5-3-4-13(14(15)9-28)19-21-10-27(2)26-19;1-2;;/h3-5,8,10-11,29H,6-7,9H2,1-2H3,(H,21,31)(H2,23,24,25,30);3-5,8,10,12,28H,6-7,9H2,1-2H3,(H2,22,23,24,30);2H2,1H3;2*1H/i;;1D3;;. The predicted octanol–water partition coefficient (Wildman–Crippen LogP) is 3.89. The number of aromatic nitrogens is 10. The van der Waals surface area contributed by atoms with Gasteiger partial charge < -0.3 is 42.5 Å². The first-order chi connectivity index (χ1) is 31.5. The smallest absolute Gasteiger partial charge is 0.273 e. The third-order valence-corrected chi connectivity index (χ3v) is 9.65. The molecule has 0 radical (unpaired) electrons. The van der Waals surface area contributed by atoms with Crippen LogP contribution in [0.3, 0.4) is 0 Å². The summed E-state index contributed by atoms with van der Waals surface area (Å²) in [7, 11) is 5.01. The lowest BCUT2D eigenvalue weighted by Gasteiger charge is -2.16. The fourth-order valence-corrected chi connectivity index (χ4v) is 6.17. The summed E-state index contributed by atoms with van der Waals surface area (Å²) in [6.07, 6.45) is 6.59. The molecule has 0 aliphatic heterocycles. The van der Waals surface area contributed by atoms with E-state index < -0.39 is 12.9 Å². The Kier molecular flexibility index (Phi) is 16.7. The van der Waals surface area contributed by atoms with E-state index in [9.17, 15) is 29.4 Å². The Hall–Kier alpha value is -6.54. The molecule has 0 spiro atoms. The molecule has 2 fully saturated rings. The molecule has 0 saturated heterocycles. The maximum Gasteiger partial charge on any atom is 0.273 e. The van der Waals surface area contributed by atoms with Crippen LogP contribution in [0.2, 0.25) is 0 Å². The lowest BCUT2D eigenvalue weighted by atomic mass is 10.0. The number of rotatable bonds is 14. The fraction of sp³-hybridized carbons (Fsp3) is 0.317. The molecule has 65 heavy (non-hydrogen) atoms. The molecule has 8 rings (SSSR count). The number of carbonyl (C=O) groups is 4. The van der Waals surface area contributed by atoms with Crippen molar-refractivity contribution < 1.29 is 33.5 Å². The van der Waals surface area contributed by atoms with Crippen LogP contribution in [0.5, 0.6) is 0 Å². The number of carbonyl (C=O) groups excluding carboxylic acids is 4. The second-order valence-electron chi connectivity index (χ2n) is 14.4. The zero-order valence-corrected chi connectivity index (χ0v) is 38.7. The second kappa shape index (κ2) is 23.4. The monoisotopic (exact) mass is 1030 g/mol. The van der Waals surface area contributed by atoms with Crippen LogP contribution in [0, 0.1) is 11.8 Å². The van der Waals surface area contributed by atoms with Gasteiger partial charge in [0.15, 0.2) is 40.5 Å². The minimum absolute atomic E-state index is 0. The van der Waals surface area contributed by atoms with Crippen molar-refractivity contribution in [1.29, 1.82) is 0 Å². The zero-order valence-electron chi connectivity index (χ0n) is 38.6. The Balaban J connectivity index is 0.000000263. The molecule has 9 N–H and O–H groups in total. The van der Waals surface area contributed by atoms with E-state index in [0.717, 1.165) is 25.7 Å². The number of ketones is 1. The molecule has 0 bridgehead atoms. The number of Topliss-reactive ketones (excluding diaryl/α,β-unsaturated/α-hetero) is 1. The maximum atomic E-state index is 12.3. The predicted molar refractivity (Wildman–Crippen MR) is 254 cm³/mol. The molecular weight excluding hydrogens is 975 g/mol. The van der Waals surface area contributed by atoms with Gasteiger partial charge in [0.1, 0.15) is 12.7 Å². The molecule has 2 aliphatic carbocycles. The number of hydrogen-bond acceptors (Lipinski definition) is 17. The molecule has 4 heterocycles.